The molecule has 2 aliphatic rings. The van der Waals surface area contributed by atoms with Crippen molar-refractivity contribution < 1.29 is 9.90 Å². The molecule has 6 heteroatoms. The molecule has 0 saturated carbocycles. The zero-order valence-corrected chi connectivity index (χ0v) is 16.0. The number of piperidine rings is 1. The number of aromatic nitrogens is 1. The van der Waals surface area contributed by atoms with Gasteiger partial charge >= 0.3 is 5.97 Å². The summed E-state index contributed by atoms with van der Waals surface area (Å²) in [5, 5.41) is 12.0. The first-order chi connectivity index (χ1) is 12.7. The molecule has 2 saturated heterocycles. The van der Waals surface area contributed by atoms with Gasteiger partial charge in [0.15, 0.2) is 0 Å². The molecule has 26 heavy (non-hydrogen) atoms. The molecule has 5 nitrogen and oxygen atoms in total. The third-order valence-corrected chi connectivity index (χ3v) is 7.22. The van der Waals surface area contributed by atoms with E-state index in [1.54, 1.807) is 0 Å². The van der Waals surface area contributed by atoms with Crippen LogP contribution >= 0.6 is 11.3 Å². The first-order valence-electron chi connectivity index (χ1n) is 9.69. The molecular weight excluding hydrogens is 346 g/mol. The van der Waals surface area contributed by atoms with Crippen LogP contribution in [0, 0.1) is 0 Å². The van der Waals surface area contributed by atoms with Crippen molar-refractivity contribution in [3.05, 3.63) is 46.9 Å². The van der Waals surface area contributed by atoms with E-state index < -0.39 is 5.97 Å². The van der Waals surface area contributed by atoms with E-state index in [2.05, 4.69) is 39.5 Å². The average molecular weight is 375 g/mol. The smallest absolute Gasteiger partial charge is 0.364 e. The van der Waals surface area contributed by atoms with Crippen LogP contribution in [-0.4, -0.2) is 58.9 Å². The molecule has 2 aliphatic heterocycles. The summed E-state index contributed by atoms with van der Waals surface area (Å²) in [6, 6.07) is 8.46. The maximum atomic E-state index is 12.0. The van der Waals surface area contributed by atoms with E-state index in [1.165, 1.54) is 4.88 Å². The second-order valence-electron chi connectivity index (χ2n) is 7.57. The molecule has 140 valence electrons. The van der Waals surface area contributed by atoms with Crippen molar-refractivity contribution in [2.45, 2.75) is 44.2 Å². The molecule has 2 aromatic heterocycles. The van der Waals surface area contributed by atoms with Gasteiger partial charge in [-0.05, 0) is 30.0 Å². The SMILES string of the molecule is O=C(O)[C@@H]1CCC[N+]1(C1CCN(CCc2cccs2)CC1)n1cccc1. The summed E-state index contributed by atoms with van der Waals surface area (Å²) in [4.78, 5) is 16.0. The van der Waals surface area contributed by atoms with E-state index in [1.807, 2.05) is 23.5 Å². The van der Waals surface area contributed by atoms with E-state index in [0.717, 1.165) is 58.3 Å². The highest BCUT2D eigenvalue weighted by Crippen LogP contribution is 2.33. The summed E-state index contributed by atoms with van der Waals surface area (Å²) in [6.45, 7) is 4.19. The normalized spacial score (nSPS) is 27.8. The Morgan fingerprint density at radius 2 is 1.96 bits per heavy atom. The number of carboxylic acid groups (broad SMARTS) is 1. The first kappa shape index (κ1) is 17.8. The van der Waals surface area contributed by atoms with Crippen LogP contribution in [0.4, 0.5) is 0 Å². The lowest BCUT2D eigenvalue weighted by Crippen LogP contribution is -2.70. The number of thiophene rings is 1. The number of carbonyl (C=O) groups is 1. The van der Waals surface area contributed by atoms with Crippen molar-refractivity contribution in [1.29, 1.82) is 0 Å². The highest BCUT2D eigenvalue weighted by molar-refractivity contribution is 7.09. The van der Waals surface area contributed by atoms with E-state index in [9.17, 15) is 9.90 Å². The minimum absolute atomic E-state index is 0.315. The van der Waals surface area contributed by atoms with Gasteiger partial charge in [-0.1, -0.05) is 6.07 Å². The number of rotatable bonds is 6. The van der Waals surface area contributed by atoms with Crippen LogP contribution in [-0.2, 0) is 11.2 Å². The van der Waals surface area contributed by atoms with Gasteiger partial charge in [-0.3, -0.25) is 0 Å². The van der Waals surface area contributed by atoms with Gasteiger partial charge in [0.05, 0.1) is 12.4 Å². The van der Waals surface area contributed by atoms with E-state index in [0.29, 0.717) is 10.6 Å². The highest BCUT2D eigenvalue weighted by atomic mass is 32.1. The molecule has 4 rings (SSSR count). The second-order valence-corrected chi connectivity index (χ2v) is 8.60. The topological polar surface area (TPSA) is 45.5 Å². The number of hydrogen-bond donors (Lipinski definition) is 1. The molecule has 1 unspecified atom stereocenters. The first-order valence-corrected chi connectivity index (χ1v) is 10.6. The van der Waals surface area contributed by atoms with Crippen molar-refractivity contribution in [2.75, 3.05) is 26.2 Å². The molecule has 0 spiro atoms. The van der Waals surface area contributed by atoms with Gasteiger partial charge in [-0.15, -0.1) is 11.3 Å². The Hall–Kier alpha value is -1.63. The van der Waals surface area contributed by atoms with E-state index in [-0.39, 0.29) is 6.04 Å². The number of hydrogen-bond acceptors (Lipinski definition) is 3. The van der Waals surface area contributed by atoms with Crippen LogP contribution in [0.3, 0.4) is 0 Å². The minimum Gasteiger partial charge on any atom is -0.477 e. The molecule has 1 N–H and O–H groups in total. The molecule has 0 bridgehead atoms. The second kappa shape index (κ2) is 7.55. The standard InChI is InChI=1S/C20H27N3O2S/c24-20(25)19-6-3-15-23(19,22-10-1-2-11-22)17-7-12-21(13-8-17)14-9-18-5-4-16-26-18/h1-2,4-5,10-11,16-17,19H,3,6-9,12-15H2/p+1/t19-,23?/m0/s1. The molecule has 0 radical (unpaired) electrons. The summed E-state index contributed by atoms with van der Waals surface area (Å²) in [7, 11) is 0. The Bertz CT molecular complexity index is 708. The van der Waals surface area contributed by atoms with Crippen LogP contribution in [0.15, 0.2) is 42.0 Å². The van der Waals surface area contributed by atoms with Gasteiger partial charge in [0.25, 0.3) is 0 Å². The van der Waals surface area contributed by atoms with Crippen LogP contribution in [0.2, 0.25) is 0 Å². The van der Waals surface area contributed by atoms with Gasteiger partial charge in [-0.25, -0.2) is 14.1 Å². The van der Waals surface area contributed by atoms with Gasteiger partial charge in [0, 0.05) is 50.2 Å². The summed E-state index contributed by atoms with van der Waals surface area (Å²) in [5.41, 5.74) is 0. The Balaban J connectivity index is 1.46. The number of nitrogens with zero attached hydrogens (tertiary/aromatic N) is 3. The lowest BCUT2D eigenvalue weighted by Gasteiger charge is -2.47. The molecule has 2 fully saturated rings. The largest absolute Gasteiger partial charge is 0.477 e. The fraction of sp³-hybridized carbons (Fsp3) is 0.550. The Morgan fingerprint density at radius 3 is 2.62 bits per heavy atom. The van der Waals surface area contributed by atoms with Gasteiger partial charge < -0.3 is 10.0 Å². The predicted octanol–water partition coefficient (Wildman–Crippen LogP) is 2.94. The monoisotopic (exact) mass is 374 g/mol. The quantitative estimate of drug-likeness (QED) is 0.791. The summed E-state index contributed by atoms with van der Waals surface area (Å²) in [6.07, 6.45) is 9.17. The molecule has 0 aliphatic carbocycles. The lowest BCUT2D eigenvalue weighted by molar-refractivity contribution is -0.146. The molecular formula is C20H28N3O2S+. The Morgan fingerprint density at radius 1 is 1.19 bits per heavy atom. The summed E-state index contributed by atoms with van der Waals surface area (Å²) >= 11 is 1.84. The third-order valence-electron chi connectivity index (χ3n) is 6.28. The fourth-order valence-corrected chi connectivity index (χ4v) is 5.72. The molecule has 2 aromatic rings. The van der Waals surface area contributed by atoms with Crippen LogP contribution in [0.1, 0.15) is 30.6 Å². The highest BCUT2D eigenvalue weighted by Gasteiger charge is 2.53. The maximum absolute atomic E-state index is 12.0. The van der Waals surface area contributed by atoms with Gasteiger partial charge in [0.2, 0.25) is 6.04 Å². The predicted molar refractivity (Wildman–Crippen MR) is 105 cm³/mol. The lowest BCUT2D eigenvalue weighted by atomic mass is 10.0. The van der Waals surface area contributed by atoms with E-state index in [4.69, 9.17) is 0 Å². The third kappa shape index (κ3) is 3.21. The molecule has 0 aromatic carbocycles. The summed E-state index contributed by atoms with van der Waals surface area (Å²) in [5.74, 6) is -0.642. The average Bonchev–Trinajstić information content (AvgIpc) is 3.41. The molecule has 2 atom stereocenters. The van der Waals surface area contributed by atoms with Gasteiger partial charge in [-0.2, -0.15) is 0 Å². The number of aliphatic carboxylic acids is 1. The molecule has 4 heterocycles. The van der Waals surface area contributed by atoms with E-state index >= 15 is 0 Å². The van der Waals surface area contributed by atoms with Crippen molar-refractivity contribution in [3.63, 3.8) is 0 Å². The maximum Gasteiger partial charge on any atom is 0.364 e. The van der Waals surface area contributed by atoms with Crippen molar-refractivity contribution in [2.24, 2.45) is 0 Å². The van der Waals surface area contributed by atoms with Crippen molar-refractivity contribution in [3.8, 4) is 0 Å². The number of carboxylic acids is 1. The van der Waals surface area contributed by atoms with Gasteiger partial charge in [0.1, 0.15) is 12.6 Å². The van der Waals surface area contributed by atoms with Crippen LogP contribution in [0.5, 0.6) is 0 Å². The minimum atomic E-state index is -0.642. The van der Waals surface area contributed by atoms with Crippen molar-refractivity contribution in [1.82, 2.24) is 14.2 Å². The zero-order chi connectivity index (χ0) is 18.0. The summed E-state index contributed by atoms with van der Waals surface area (Å²) < 4.78 is 2.78. The number of likely N-dealkylation sites (tertiary alicyclic amines) is 2. The Kier molecular flexibility index (Phi) is 5.16. The molecule has 0 amide bonds. The Labute approximate surface area is 159 Å². The van der Waals surface area contributed by atoms with Crippen molar-refractivity contribution >= 4 is 17.3 Å². The zero-order valence-electron chi connectivity index (χ0n) is 15.2. The van der Waals surface area contributed by atoms with Crippen LogP contribution in [0.25, 0.3) is 0 Å². The van der Waals surface area contributed by atoms with Crippen LogP contribution < -0.4 is 4.59 Å². The fourth-order valence-electron chi connectivity index (χ4n) is 5.02. The number of quaternary nitrogens is 1.